The molecular weight excluding hydrogens is 226 g/mol. The van der Waals surface area contributed by atoms with Crippen LogP contribution in [0.4, 0.5) is 5.69 Å². The van der Waals surface area contributed by atoms with Crippen molar-refractivity contribution in [3.05, 3.63) is 24.5 Å². The van der Waals surface area contributed by atoms with Gasteiger partial charge < -0.3 is 10.5 Å². The third-order valence-corrected chi connectivity index (χ3v) is 3.23. The third-order valence-electron chi connectivity index (χ3n) is 3.23. The molecule has 0 saturated carbocycles. The van der Waals surface area contributed by atoms with Crippen LogP contribution in [0.5, 0.6) is 5.88 Å². The standard InChI is InChI=1S/C14H19N3O/c1-3-10(4-2)8-18-14-12-7-11(15)5-6-13(12)16-9-17-14/h5-7,9-10H,3-4,8,15H2,1-2H3. The predicted molar refractivity (Wildman–Crippen MR) is 73.5 cm³/mol. The molecule has 0 bridgehead atoms. The van der Waals surface area contributed by atoms with Gasteiger partial charge in [0.25, 0.3) is 0 Å². The van der Waals surface area contributed by atoms with Gasteiger partial charge in [-0.3, -0.25) is 0 Å². The summed E-state index contributed by atoms with van der Waals surface area (Å²) in [6.07, 6.45) is 3.75. The van der Waals surface area contributed by atoms with Crippen molar-refractivity contribution < 1.29 is 4.74 Å². The second kappa shape index (κ2) is 5.67. The van der Waals surface area contributed by atoms with Crippen molar-refractivity contribution in [1.82, 2.24) is 9.97 Å². The molecule has 0 aliphatic carbocycles. The van der Waals surface area contributed by atoms with Gasteiger partial charge in [-0.05, 0) is 24.1 Å². The van der Waals surface area contributed by atoms with Crippen molar-refractivity contribution in [3.8, 4) is 5.88 Å². The van der Waals surface area contributed by atoms with Gasteiger partial charge in [-0.1, -0.05) is 26.7 Å². The van der Waals surface area contributed by atoms with E-state index in [4.69, 9.17) is 10.5 Å². The van der Waals surface area contributed by atoms with Crippen LogP contribution in [0.25, 0.3) is 10.9 Å². The van der Waals surface area contributed by atoms with Crippen LogP contribution >= 0.6 is 0 Å². The Morgan fingerprint density at radius 2 is 2.00 bits per heavy atom. The van der Waals surface area contributed by atoms with Crippen LogP contribution in [0.15, 0.2) is 24.5 Å². The molecule has 2 rings (SSSR count). The zero-order valence-electron chi connectivity index (χ0n) is 10.9. The van der Waals surface area contributed by atoms with Gasteiger partial charge in [0.15, 0.2) is 0 Å². The first-order chi connectivity index (χ1) is 8.74. The molecule has 4 heteroatoms. The zero-order valence-corrected chi connectivity index (χ0v) is 10.9. The molecule has 1 heterocycles. The maximum Gasteiger partial charge on any atom is 0.224 e. The molecule has 2 N–H and O–H groups in total. The van der Waals surface area contributed by atoms with E-state index < -0.39 is 0 Å². The number of nitrogens with zero attached hydrogens (tertiary/aromatic N) is 2. The summed E-state index contributed by atoms with van der Waals surface area (Å²) in [5.74, 6) is 1.19. The second-order valence-electron chi connectivity index (χ2n) is 4.45. The lowest BCUT2D eigenvalue weighted by Crippen LogP contribution is -2.11. The van der Waals surface area contributed by atoms with Crippen LogP contribution in [0, 0.1) is 5.92 Å². The summed E-state index contributed by atoms with van der Waals surface area (Å²) >= 11 is 0. The van der Waals surface area contributed by atoms with Crippen LogP contribution in [0.1, 0.15) is 26.7 Å². The van der Waals surface area contributed by atoms with Crippen LogP contribution in [-0.4, -0.2) is 16.6 Å². The number of anilines is 1. The number of fused-ring (bicyclic) bond motifs is 1. The van der Waals surface area contributed by atoms with E-state index in [1.54, 1.807) is 0 Å². The molecule has 0 amide bonds. The Labute approximate surface area is 107 Å². The van der Waals surface area contributed by atoms with Gasteiger partial charge in [-0.15, -0.1) is 0 Å². The molecular formula is C14H19N3O. The fourth-order valence-electron chi connectivity index (χ4n) is 1.89. The summed E-state index contributed by atoms with van der Waals surface area (Å²) in [5.41, 5.74) is 7.35. The molecule has 0 atom stereocenters. The van der Waals surface area contributed by atoms with Gasteiger partial charge in [0.1, 0.15) is 6.33 Å². The zero-order chi connectivity index (χ0) is 13.0. The van der Waals surface area contributed by atoms with Crippen molar-refractivity contribution in [2.24, 2.45) is 5.92 Å². The van der Waals surface area contributed by atoms with E-state index in [-0.39, 0.29) is 0 Å². The summed E-state index contributed by atoms with van der Waals surface area (Å²) in [6.45, 7) is 5.04. The number of benzene rings is 1. The Morgan fingerprint density at radius 3 is 2.72 bits per heavy atom. The summed E-state index contributed by atoms with van der Waals surface area (Å²) < 4.78 is 5.81. The van der Waals surface area contributed by atoms with Crippen molar-refractivity contribution in [2.75, 3.05) is 12.3 Å². The Morgan fingerprint density at radius 1 is 1.22 bits per heavy atom. The quantitative estimate of drug-likeness (QED) is 0.822. The van der Waals surface area contributed by atoms with Crippen LogP contribution in [-0.2, 0) is 0 Å². The number of nitrogens with two attached hydrogens (primary N) is 1. The monoisotopic (exact) mass is 245 g/mol. The fraction of sp³-hybridized carbons (Fsp3) is 0.429. The number of hydrogen-bond donors (Lipinski definition) is 1. The smallest absolute Gasteiger partial charge is 0.224 e. The van der Waals surface area contributed by atoms with E-state index in [2.05, 4.69) is 23.8 Å². The molecule has 0 spiro atoms. The molecule has 0 radical (unpaired) electrons. The Balaban J connectivity index is 2.24. The first-order valence-electron chi connectivity index (χ1n) is 6.37. The number of rotatable bonds is 5. The van der Waals surface area contributed by atoms with Crippen LogP contribution in [0.2, 0.25) is 0 Å². The molecule has 0 unspecified atom stereocenters. The first-order valence-corrected chi connectivity index (χ1v) is 6.37. The minimum Gasteiger partial charge on any atom is -0.477 e. The second-order valence-corrected chi connectivity index (χ2v) is 4.45. The molecule has 1 aromatic heterocycles. The average Bonchev–Trinajstić information content (AvgIpc) is 2.40. The Hall–Kier alpha value is -1.84. The van der Waals surface area contributed by atoms with Crippen molar-refractivity contribution >= 4 is 16.6 Å². The predicted octanol–water partition coefficient (Wildman–Crippen LogP) is 3.03. The summed E-state index contributed by atoms with van der Waals surface area (Å²) in [6, 6.07) is 5.58. The van der Waals surface area contributed by atoms with Gasteiger partial charge in [0, 0.05) is 5.69 Å². The maximum absolute atomic E-state index is 5.81. The number of aromatic nitrogens is 2. The van der Waals surface area contributed by atoms with Gasteiger partial charge in [0.2, 0.25) is 5.88 Å². The highest BCUT2D eigenvalue weighted by Gasteiger charge is 2.08. The van der Waals surface area contributed by atoms with Crippen molar-refractivity contribution in [1.29, 1.82) is 0 Å². The lowest BCUT2D eigenvalue weighted by Gasteiger charge is -2.14. The third kappa shape index (κ3) is 2.70. The highest BCUT2D eigenvalue weighted by atomic mass is 16.5. The van der Waals surface area contributed by atoms with Crippen LogP contribution in [0.3, 0.4) is 0 Å². The van der Waals surface area contributed by atoms with Crippen molar-refractivity contribution in [2.45, 2.75) is 26.7 Å². The summed E-state index contributed by atoms with van der Waals surface area (Å²) in [4.78, 5) is 8.40. The van der Waals surface area contributed by atoms with E-state index >= 15 is 0 Å². The molecule has 0 aliphatic heterocycles. The number of ether oxygens (including phenoxy) is 1. The largest absolute Gasteiger partial charge is 0.477 e. The maximum atomic E-state index is 5.81. The molecule has 0 saturated heterocycles. The summed E-state index contributed by atoms with van der Waals surface area (Å²) in [7, 11) is 0. The van der Waals surface area contributed by atoms with Gasteiger partial charge in [-0.25, -0.2) is 9.97 Å². The Kier molecular flexibility index (Phi) is 3.97. The van der Waals surface area contributed by atoms with Crippen LogP contribution < -0.4 is 10.5 Å². The molecule has 18 heavy (non-hydrogen) atoms. The molecule has 2 aromatic rings. The van der Waals surface area contributed by atoms with E-state index in [0.29, 0.717) is 24.1 Å². The molecule has 1 aromatic carbocycles. The number of hydrogen-bond acceptors (Lipinski definition) is 4. The number of nitrogen functional groups attached to an aromatic ring is 1. The lowest BCUT2D eigenvalue weighted by molar-refractivity contribution is 0.235. The highest BCUT2D eigenvalue weighted by molar-refractivity contribution is 5.86. The van der Waals surface area contributed by atoms with Gasteiger partial charge >= 0.3 is 0 Å². The minimum absolute atomic E-state index is 0.566. The van der Waals surface area contributed by atoms with E-state index in [1.165, 1.54) is 6.33 Å². The van der Waals surface area contributed by atoms with E-state index in [1.807, 2.05) is 18.2 Å². The van der Waals surface area contributed by atoms with E-state index in [0.717, 1.165) is 23.7 Å². The van der Waals surface area contributed by atoms with E-state index in [9.17, 15) is 0 Å². The lowest BCUT2D eigenvalue weighted by atomic mass is 10.1. The SMILES string of the molecule is CCC(CC)COc1ncnc2ccc(N)cc12. The normalized spacial score (nSPS) is 11.1. The Bertz CT molecular complexity index is 523. The molecule has 0 fully saturated rings. The fourth-order valence-corrected chi connectivity index (χ4v) is 1.89. The summed E-state index contributed by atoms with van der Waals surface area (Å²) in [5, 5.41) is 0.878. The molecule has 0 aliphatic rings. The average molecular weight is 245 g/mol. The minimum atomic E-state index is 0.566. The van der Waals surface area contributed by atoms with Crippen molar-refractivity contribution in [3.63, 3.8) is 0 Å². The topological polar surface area (TPSA) is 61.0 Å². The molecule has 96 valence electrons. The highest BCUT2D eigenvalue weighted by Crippen LogP contribution is 2.24. The molecule has 4 nitrogen and oxygen atoms in total. The van der Waals surface area contributed by atoms with Gasteiger partial charge in [0.05, 0.1) is 17.5 Å². The first kappa shape index (κ1) is 12.6. The van der Waals surface area contributed by atoms with Gasteiger partial charge in [-0.2, -0.15) is 0 Å².